The third kappa shape index (κ3) is 2.32. The molecule has 4 nitrogen and oxygen atoms in total. The fourth-order valence-corrected chi connectivity index (χ4v) is 1.93. The summed E-state index contributed by atoms with van der Waals surface area (Å²) in [6, 6.07) is 11.1. The van der Waals surface area contributed by atoms with E-state index in [1.54, 1.807) is 18.5 Å². The van der Waals surface area contributed by atoms with Crippen LogP contribution in [0.25, 0.3) is 0 Å². The van der Waals surface area contributed by atoms with Crippen LogP contribution >= 0.6 is 0 Å². The molecule has 18 heavy (non-hydrogen) atoms. The van der Waals surface area contributed by atoms with Gasteiger partial charge in [-0.05, 0) is 31.2 Å². The van der Waals surface area contributed by atoms with Gasteiger partial charge in [-0.3, -0.25) is 9.78 Å². The SMILES string of the molecule is CCN(c1ccncc1)c1ccccc1C(N)=O. The van der Waals surface area contributed by atoms with Crippen molar-refractivity contribution in [3.63, 3.8) is 0 Å². The summed E-state index contributed by atoms with van der Waals surface area (Å²) in [4.78, 5) is 17.5. The van der Waals surface area contributed by atoms with Gasteiger partial charge >= 0.3 is 0 Å². The Labute approximate surface area is 106 Å². The van der Waals surface area contributed by atoms with Crippen molar-refractivity contribution in [3.8, 4) is 0 Å². The average Bonchev–Trinajstić information content (AvgIpc) is 2.41. The molecule has 0 aliphatic heterocycles. The summed E-state index contributed by atoms with van der Waals surface area (Å²) in [5, 5.41) is 0. The van der Waals surface area contributed by atoms with Crippen LogP contribution in [0.3, 0.4) is 0 Å². The van der Waals surface area contributed by atoms with E-state index in [9.17, 15) is 4.79 Å². The molecule has 0 aliphatic carbocycles. The van der Waals surface area contributed by atoms with E-state index in [0.717, 1.165) is 17.9 Å². The van der Waals surface area contributed by atoms with Crippen molar-refractivity contribution in [1.82, 2.24) is 4.98 Å². The molecule has 2 aromatic rings. The molecule has 0 spiro atoms. The molecule has 0 bridgehead atoms. The van der Waals surface area contributed by atoms with Gasteiger partial charge in [0.2, 0.25) is 0 Å². The Bertz CT molecular complexity index is 540. The fraction of sp³-hybridized carbons (Fsp3) is 0.143. The molecule has 1 heterocycles. The number of para-hydroxylation sites is 1. The Morgan fingerprint density at radius 2 is 1.89 bits per heavy atom. The fourth-order valence-electron chi connectivity index (χ4n) is 1.93. The summed E-state index contributed by atoms with van der Waals surface area (Å²) >= 11 is 0. The van der Waals surface area contributed by atoms with E-state index >= 15 is 0 Å². The minimum atomic E-state index is -0.418. The largest absolute Gasteiger partial charge is 0.366 e. The van der Waals surface area contributed by atoms with Gasteiger partial charge in [0, 0.05) is 24.6 Å². The van der Waals surface area contributed by atoms with E-state index in [1.807, 2.05) is 42.2 Å². The zero-order chi connectivity index (χ0) is 13.0. The molecule has 0 saturated carbocycles. The summed E-state index contributed by atoms with van der Waals surface area (Å²) in [6.45, 7) is 2.77. The third-order valence-electron chi connectivity index (χ3n) is 2.75. The predicted octanol–water partition coefficient (Wildman–Crippen LogP) is 2.34. The number of hydrogen-bond acceptors (Lipinski definition) is 3. The van der Waals surface area contributed by atoms with Gasteiger partial charge in [0.1, 0.15) is 0 Å². The Hall–Kier alpha value is -2.36. The molecule has 1 aromatic carbocycles. The molecule has 0 atom stereocenters. The molecule has 1 aromatic heterocycles. The van der Waals surface area contributed by atoms with E-state index in [1.165, 1.54) is 0 Å². The first-order valence-electron chi connectivity index (χ1n) is 5.80. The lowest BCUT2D eigenvalue weighted by atomic mass is 10.1. The van der Waals surface area contributed by atoms with Gasteiger partial charge in [-0.1, -0.05) is 12.1 Å². The number of carbonyl (C=O) groups is 1. The van der Waals surface area contributed by atoms with Crippen molar-refractivity contribution in [1.29, 1.82) is 0 Å². The average molecular weight is 241 g/mol. The number of pyridine rings is 1. The van der Waals surface area contributed by atoms with Crippen LogP contribution in [0, 0.1) is 0 Å². The van der Waals surface area contributed by atoms with Crippen LogP contribution in [-0.4, -0.2) is 17.4 Å². The highest BCUT2D eigenvalue weighted by Crippen LogP contribution is 2.27. The molecule has 0 saturated heterocycles. The first-order chi connectivity index (χ1) is 8.74. The first kappa shape index (κ1) is 12.1. The van der Waals surface area contributed by atoms with Gasteiger partial charge in [0.15, 0.2) is 0 Å². The first-order valence-corrected chi connectivity index (χ1v) is 5.80. The number of nitrogens with zero attached hydrogens (tertiary/aromatic N) is 2. The number of benzene rings is 1. The second-order valence-electron chi connectivity index (χ2n) is 3.83. The zero-order valence-corrected chi connectivity index (χ0v) is 10.2. The van der Waals surface area contributed by atoms with E-state index in [0.29, 0.717) is 5.56 Å². The molecule has 4 heteroatoms. The lowest BCUT2D eigenvalue weighted by Gasteiger charge is -2.24. The Balaban J connectivity index is 2.49. The maximum atomic E-state index is 11.5. The minimum Gasteiger partial charge on any atom is -0.366 e. The van der Waals surface area contributed by atoms with Crippen LogP contribution in [0.1, 0.15) is 17.3 Å². The number of primary amides is 1. The molecule has 2 rings (SSSR count). The normalized spacial score (nSPS) is 10.1. The number of aromatic nitrogens is 1. The van der Waals surface area contributed by atoms with Crippen LogP contribution in [-0.2, 0) is 0 Å². The lowest BCUT2D eigenvalue weighted by Crippen LogP contribution is -2.21. The van der Waals surface area contributed by atoms with Gasteiger partial charge in [-0.2, -0.15) is 0 Å². The molecule has 0 radical (unpaired) electrons. The summed E-state index contributed by atoms with van der Waals surface area (Å²) < 4.78 is 0. The highest BCUT2D eigenvalue weighted by molar-refractivity contribution is 5.99. The molecule has 1 amide bonds. The molecular formula is C14H15N3O. The smallest absolute Gasteiger partial charge is 0.250 e. The van der Waals surface area contributed by atoms with Crippen molar-refractivity contribution < 1.29 is 4.79 Å². The van der Waals surface area contributed by atoms with Gasteiger partial charge in [0.05, 0.1) is 11.3 Å². The second kappa shape index (κ2) is 5.31. The van der Waals surface area contributed by atoms with Crippen molar-refractivity contribution in [2.24, 2.45) is 5.73 Å². The van der Waals surface area contributed by atoms with Crippen LogP contribution in [0.4, 0.5) is 11.4 Å². The Kier molecular flexibility index (Phi) is 3.57. The number of amides is 1. The molecule has 0 aliphatic rings. The summed E-state index contributed by atoms with van der Waals surface area (Å²) in [7, 11) is 0. The quantitative estimate of drug-likeness (QED) is 0.893. The van der Waals surface area contributed by atoms with Crippen LogP contribution in [0.5, 0.6) is 0 Å². The molecule has 92 valence electrons. The van der Waals surface area contributed by atoms with Gasteiger partial charge in [0.25, 0.3) is 5.91 Å². The summed E-state index contributed by atoms with van der Waals surface area (Å²) in [5.74, 6) is -0.418. The second-order valence-corrected chi connectivity index (χ2v) is 3.83. The monoisotopic (exact) mass is 241 g/mol. The third-order valence-corrected chi connectivity index (χ3v) is 2.75. The summed E-state index contributed by atoms with van der Waals surface area (Å²) in [6.07, 6.45) is 3.45. The van der Waals surface area contributed by atoms with E-state index in [2.05, 4.69) is 4.98 Å². The van der Waals surface area contributed by atoms with E-state index < -0.39 is 5.91 Å². The number of anilines is 2. The van der Waals surface area contributed by atoms with Crippen molar-refractivity contribution in [2.45, 2.75) is 6.92 Å². The number of carbonyl (C=O) groups excluding carboxylic acids is 1. The molecule has 2 N–H and O–H groups in total. The van der Waals surface area contributed by atoms with Crippen molar-refractivity contribution >= 4 is 17.3 Å². The maximum Gasteiger partial charge on any atom is 0.250 e. The summed E-state index contributed by atoms with van der Waals surface area (Å²) in [5.41, 5.74) is 7.74. The van der Waals surface area contributed by atoms with Crippen LogP contribution in [0.2, 0.25) is 0 Å². The Morgan fingerprint density at radius 1 is 1.22 bits per heavy atom. The van der Waals surface area contributed by atoms with E-state index in [4.69, 9.17) is 5.73 Å². The van der Waals surface area contributed by atoms with Gasteiger partial charge < -0.3 is 10.6 Å². The van der Waals surface area contributed by atoms with Gasteiger partial charge in [-0.25, -0.2) is 0 Å². The number of rotatable bonds is 4. The molecule has 0 fully saturated rings. The molecular weight excluding hydrogens is 226 g/mol. The predicted molar refractivity (Wildman–Crippen MR) is 71.9 cm³/mol. The van der Waals surface area contributed by atoms with Crippen LogP contribution in [0.15, 0.2) is 48.8 Å². The standard InChI is InChI=1S/C14H15N3O/c1-2-17(11-7-9-16-10-8-11)13-6-4-3-5-12(13)14(15)18/h3-10H,2H2,1H3,(H2,15,18). The van der Waals surface area contributed by atoms with Crippen molar-refractivity contribution in [3.05, 3.63) is 54.4 Å². The topological polar surface area (TPSA) is 59.2 Å². The van der Waals surface area contributed by atoms with Crippen LogP contribution < -0.4 is 10.6 Å². The highest BCUT2D eigenvalue weighted by Gasteiger charge is 2.14. The Morgan fingerprint density at radius 3 is 2.50 bits per heavy atom. The minimum absolute atomic E-state index is 0.418. The maximum absolute atomic E-state index is 11.5. The van der Waals surface area contributed by atoms with Crippen molar-refractivity contribution in [2.75, 3.05) is 11.4 Å². The van der Waals surface area contributed by atoms with Gasteiger partial charge in [-0.15, -0.1) is 0 Å². The molecule has 0 unspecified atom stereocenters. The lowest BCUT2D eigenvalue weighted by molar-refractivity contribution is 0.100. The van der Waals surface area contributed by atoms with E-state index in [-0.39, 0.29) is 0 Å². The number of hydrogen-bond donors (Lipinski definition) is 1. The number of nitrogens with two attached hydrogens (primary N) is 1. The highest BCUT2D eigenvalue weighted by atomic mass is 16.1. The zero-order valence-electron chi connectivity index (χ0n) is 10.2.